The van der Waals surface area contributed by atoms with Gasteiger partial charge in [0.2, 0.25) is 0 Å². The minimum Gasteiger partial charge on any atom is -0.432 e. The van der Waals surface area contributed by atoms with Crippen molar-refractivity contribution in [3.8, 4) is 0 Å². The largest absolute Gasteiger partial charge is 0.508 e. The quantitative estimate of drug-likeness (QED) is 0.0329. The Morgan fingerprint density at radius 2 is 1.02 bits per heavy atom. The molecule has 0 aliphatic rings. The number of ether oxygens (including phenoxy) is 4. The SMILES string of the molecule is CCC(COC(=O)OCC(CC)OCOOC(C)(CC)CCCC(C)C)OCOOC(C)(CC)CCCC(C)C. The minimum absolute atomic E-state index is 0.0424. The number of carbonyl (C=O) groups excluding carboxylic acids is 1. The van der Waals surface area contributed by atoms with Crippen LogP contribution in [0.1, 0.15) is 133 Å². The first-order chi connectivity index (χ1) is 18.9. The molecule has 0 aromatic heterocycles. The topological polar surface area (TPSA) is 90.9 Å². The molecule has 240 valence electrons. The van der Waals surface area contributed by atoms with Crippen LogP contribution in [0.3, 0.4) is 0 Å². The monoisotopic (exact) mass is 578 g/mol. The Bertz CT molecular complexity index is 566. The van der Waals surface area contributed by atoms with Crippen molar-refractivity contribution in [2.24, 2.45) is 11.8 Å². The third-order valence-corrected chi connectivity index (χ3v) is 7.38. The molecule has 0 saturated heterocycles. The van der Waals surface area contributed by atoms with Crippen LogP contribution in [0, 0.1) is 11.8 Å². The fourth-order valence-corrected chi connectivity index (χ4v) is 3.84. The molecule has 9 nitrogen and oxygen atoms in total. The van der Waals surface area contributed by atoms with Crippen molar-refractivity contribution >= 4 is 6.16 Å². The number of carbonyl (C=O) groups is 1. The summed E-state index contributed by atoms with van der Waals surface area (Å²) in [7, 11) is 0. The van der Waals surface area contributed by atoms with Gasteiger partial charge in [-0.05, 0) is 64.2 Å². The second-order valence-corrected chi connectivity index (χ2v) is 12.1. The van der Waals surface area contributed by atoms with Gasteiger partial charge < -0.3 is 18.9 Å². The summed E-state index contributed by atoms with van der Waals surface area (Å²) in [5.74, 6) is 1.34. The first-order valence-electron chi connectivity index (χ1n) is 15.6. The van der Waals surface area contributed by atoms with E-state index in [1.165, 1.54) is 0 Å². The number of rotatable bonds is 26. The Hall–Kier alpha value is -0.970. The lowest BCUT2D eigenvalue weighted by Crippen LogP contribution is -2.30. The van der Waals surface area contributed by atoms with Gasteiger partial charge in [0.15, 0.2) is 13.6 Å². The van der Waals surface area contributed by atoms with Crippen LogP contribution < -0.4 is 0 Å². The van der Waals surface area contributed by atoms with Gasteiger partial charge in [-0.15, -0.1) is 0 Å². The molecule has 9 heteroatoms. The lowest BCUT2D eigenvalue weighted by atomic mass is 9.94. The highest BCUT2D eigenvalue weighted by atomic mass is 17.2. The first-order valence-corrected chi connectivity index (χ1v) is 15.6. The highest BCUT2D eigenvalue weighted by Gasteiger charge is 2.25. The van der Waals surface area contributed by atoms with E-state index in [0.717, 1.165) is 51.4 Å². The molecule has 0 aromatic carbocycles. The molecule has 0 aromatic rings. The van der Waals surface area contributed by atoms with E-state index in [4.69, 9.17) is 38.5 Å². The van der Waals surface area contributed by atoms with Crippen molar-refractivity contribution in [3.05, 3.63) is 0 Å². The molecule has 0 rings (SSSR count). The molecule has 4 unspecified atom stereocenters. The average molecular weight is 579 g/mol. The van der Waals surface area contributed by atoms with Crippen molar-refractivity contribution in [3.63, 3.8) is 0 Å². The molecule has 0 spiro atoms. The molecule has 0 radical (unpaired) electrons. The summed E-state index contributed by atoms with van der Waals surface area (Å²) in [6, 6.07) is 0. The predicted molar refractivity (Wildman–Crippen MR) is 156 cm³/mol. The highest BCUT2D eigenvalue weighted by molar-refractivity contribution is 5.59. The summed E-state index contributed by atoms with van der Waals surface area (Å²) in [5.41, 5.74) is -0.698. The second-order valence-electron chi connectivity index (χ2n) is 12.1. The van der Waals surface area contributed by atoms with Crippen LogP contribution in [0.4, 0.5) is 4.79 Å². The van der Waals surface area contributed by atoms with E-state index in [1.807, 2.05) is 27.7 Å². The van der Waals surface area contributed by atoms with Gasteiger partial charge in [-0.3, -0.25) is 0 Å². The van der Waals surface area contributed by atoms with Gasteiger partial charge in [0.25, 0.3) is 0 Å². The Morgan fingerprint density at radius 3 is 1.32 bits per heavy atom. The number of hydrogen-bond acceptors (Lipinski definition) is 9. The molecular weight excluding hydrogens is 516 g/mol. The van der Waals surface area contributed by atoms with Gasteiger partial charge in [0, 0.05) is 0 Å². The van der Waals surface area contributed by atoms with Crippen molar-refractivity contribution < 1.29 is 43.3 Å². The molecule has 40 heavy (non-hydrogen) atoms. The van der Waals surface area contributed by atoms with Crippen molar-refractivity contribution in [2.45, 2.75) is 157 Å². The standard InChI is InChI=1S/C31H62O9/c1-11-27(35-23-37-39-30(9,13-3)19-15-17-25(5)6)21-33-29(32)34-22-28(12-2)36-24-38-40-31(10,14-4)20-16-18-26(7)8/h25-28H,11-24H2,1-10H3. The zero-order chi connectivity index (χ0) is 30.4. The maximum Gasteiger partial charge on any atom is 0.508 e. The van der Waals surface area contributed by atoms with Crippen LogP contribution in [0.5, 0.6) is 0 Å². The van der Waals surface area contributed by atoms with E-state index in [2.05, 4.69) is 41.5 Å². The van der Waals surface area contributed by atoms with E-state index in [0.29, 0.717) is 24.7 Å². The Kier molecular flexibility index (Phi) is 22.1. The molecule has 0 bridgehead atoms. The predicted octanol–water partition coefficient (Wildman–Crippen LogP) is 8.53. The van der Waals surface area contributed by atoms with Crippen LogP contribution in [0.25, 0.3) is 0 Å². The molecule has 0 aliphatic carbocycles. The fourth-order valence-electron chi connectivity index (χ4n) is 3.84. The lowest BCUT2D eigenvalue weighted by Gasteiger charge is -2.27. The van der Waals surface area contributed by atoms with E-state index < -0.39 is 6.16 Å². The zero-order valence-corrected chi connectivity index (χ0v) is 27.4. The molecule has 0 heterocycles. The zero-order valence-electron chi connectivity index (χ0n) is 27.4. The smallest absolute Gasteiger partial charge is 0.432 e. The van der Waals surface area contributed by atoms with Gasteiger partial charge in [0.05, 0.1) is 12.2 Å². The third-order valence-electron chi connectivity index (χ3n) is 7.38. The summed E-state index contributed by atoms with van der Waals surface area (Å²) in [6.45, 7) is 21.1. The number of hydrogen-bond donors (Lipinski definition) is 0. The maximum atomic E-state index is 12.1. The van der Waals surface area contributed by atoms with E-state index in [-0.39, 0.29) is 50.2 Å². The van der Waals surface area contributed by atoms with Crippen LogP contribution in [-0.2, 0) is 38.5 Å². The molecule has 0 saturated carbocycles. The normalized spacial score (nSPS) is 16.5. The molecule has 4 atom stereocenters. The van der Waals surface area contributed by atoms with Crippen LogP contribution in [0.15, 0.2) is 0 Å². The molecular formula is C31H62O9. The summed E-state index contributed by atoms with van der Waals surface area (Å²) in [6.07, 6.45) is 7.86. The molecule has 0 N–H and O–H groups in total. The van der Waals surface area contributed by atoms with Gasteiger partial charge in [0.1, 0.15) is 24.4 Å². The first kappa shape index (κ1) is 39.0. The molecule has 0 amide bonds. The third kappa shape index (κ3) is 20.0. The van der Waals surface area contributed by atoms with E-state index in [1.54, 1.807) is 0 Å². The molecule has 0 fully saturated rings. The van der Waals surface area contributed by atoms with Crippen molar-refractivity contribution in [2.75, 3.05) is 26.8 Å². The summed E-state index contributed by atoms with van der Waals surface area (Å²) >= 11 is 0. The van der Waals surface area contributed by atoms with Gasteiger partial charge in [-0.25, -0.2) is 24.3 Å². The summed E-state index contributed by atoms with van der Waals surface area (Å²) in [4.78, 5) is 34.1. The Morgan fingerprint density at radius 1 is 0.650 bits per heavy atom. The van der Waals surface area contributed by atoms with Gasteiger partial charge >= 0.3 is 6.16 Å². The van der Waals surface area contributed by atoms with Crippen LogP contribution in [0.2, 0.25) is 0 Å². The Labute approximate surface area is 245 Å². The van der Waals surface area contributed by atoms with Crippen molar-refractivity contribution in [1.82, 2.24) is 0 Å². The summed E-state index contributed by atoms with van der Waals surface area (Å²) < 4.78 is 21.8. The summed E-state index contributed by atoms with van der Waals surface area (Å²) in [5, 5.41) is 0. The van der Waals surface area contributed by atoms with Gasteiger partial charge in [-0.1, -0.05) is 81.1 Å². The van der Waals surface area contributed by atoms with E-state index >= 15 is 0 Å². The van der Waals surface area contributed by atoms with Gasteiger partial charge in [-0.2, -0.15) is 0 Å². The van der Waals surface area contributed by atoms with Crippen molar-refractivity contribution in [1.29, 1.82) is 0 Å². The second kappa shape index (κ2) is 22.6. The van der Waals surface area contributed by atoms with E-state index in [9.17, 15) is 4.79 Å². The van der Waals surface area contributed by atoms with Crippen LogP contribution >= 0.6 is 0 Å². The fraction of sp³-hybridized carbons (Fsp3) is 0.968. The Balaban J connectivity index is 4.21. The highest BCUT2D eigenvalue weighted by Crippen LogP contribution is 2.25. The minimum atomic E-state index is -0.772. The molecule has 0 aliphatic heterocycles. The lowest BCUT2D eigenvalue weighted by molar-refractivity contribution is -0.394. The maximum absolute atomic E-state index is 12.1. The van der Waals surface area contributed by atoms with Crippen LogP contribution in [-0.4, -0.2) is 56.4 Å². The average Bonchev–Trinajstić information content (AvgIpc) is 2.91.